The first-order valence-corrected chi connectivity index (χ1v) is 16.7. The number of fused-ring (bicyclic) bond motifs is 9. The van der Waals surface area contributed by atoms with Crippen molar-refractivity contribution in [2.45, 2.75) is 22.6 Å². The third kappa shape index (κ3) is 4.65. The van der Waals surface area contributed by atoms with Crippen molar-refractivity contribution in [3.8, 4) is 11.5 Å². The van der Waals surface area contributed by atoms with Crippen molar-refractivity contribution in [3.05, 3.63) is 98.7 Å². The molecule has 2 aliphatic heterocycles. The van der Waals surface area contributed by atoms with Crippen LogP contribution >= 0.6 is 23.1 Å². The number of rotatable bonds is 7. The van der Waals surface area contributed by atoms with Crippen LogP contribution in [0.3, 0.4) is 0 Å². The van der Waals surface area contributed by atoms with E-state index in [0.29, 0.717) is 22.9 Å². The summed E-state index contributed by atoms with van der Waals surface area (Å²) in [6.07, 6.45) is 0.779. The van der Waals surface area contributed by atoms with E-state index < -0.39 is 17.7 Å². The lowest BCUT2D eigenvalue weighted by atomic mass is 9.68. The number of thioether (sulfide) groups is 1. The Morgan fingerprint density at radius 2 is 1.72 bits per heavy atom. The fourth-order valence-electron chi connectivity index (χ4n) is 8.05. The Labute approximate surface area is 271 Å². The van der Waals surface area contributed by atoms with Gasteiger partial charge in [-0.3, -0.25) is 24.1 Å². The molecule has 4 aromatic rings. The van der Waals surface area contributed by atoms with E-state index in [1.165, 1.54) is 40.5 Å². The molecular weight excluding hydrogens is 630 g/mol. The number of hydrogen-bond donors (Lipinski definition) is 2. The summed E-state index contributed by atoms with van der Waals surface area (Å²) in [4.78, 5) is 58.2. The van der Waals surface area contributed by atoms with E-state index in [2.05, 4.69) is 10.3 Å². The zero-order valence-corrected chi connectivity index (χ0v) is 26.1. The van der Waals surface area contributed by atoms with Crippen molar-refractivity contribution in [3.63, 3.8) is 0 Å². The highest BCUT2D eigenvalue weighted by Gasteiger charge is 2.69. The normalized spacial score (nSPS) is 27.3. The van der Waals surface area contributed by atoms with Gasteiger partial charge in [-0.15, -0.1) is 11.8 Å². The maximum Gasteiger partial charge on any atom is 0.305 e. The van der Waals surface area contributed by atoms with Gasteiger partial charge in [0.25, 0.3) is 5.91 Å². The Morgan fingerprint density at radius 3 is 2.46 bits per heavy atom. The number of halogens is 1. The van der Waals surface area contributed by atoms with Crippen molar-refractivity contribution in [1.29, 1.82) is 0 Å². The predicted molar refractivity (Wildman–Crippen MR) is 171 cm³/mol. The molecule has 0 unspecified atom stereocenters. The number of carbonyl (C=O) groups excluding carboxylic acids is 3. The van der Waals surface area contributed by atoms with Crippen LogP contribution in [0, 0.1) is 35.4 Å². The Hall–Kier alpha value is -4.42. The van der Waals surface area contributed by atoms with Crippen molar-refractivity contribution in [2.24, 2.45) is 29.6 Å². The standard InChI is InChI=1S/C34H28FN3O6S2/c1-43-20-11-9-19(10-12-20)38-32(40)27-22-14-23(28(27)33(38)41)29-26(22)25(30-31(45-29)37-34(42)46-30)16-3-2-4-21(13-16)44-15-24(39)36-18-7-5-17(35)6-8-18/h2-13,22-23,25-29H,14-15H2,1H3,(H,36,39)(H,37,42)/t22-,23-,25+,26-,27+,28+,29-/m1/s1. The van der Waals surface area contributed by atoms with Gasteiger partial charge in [-0.25, -0.2) is 4.39 Å². The number of H-pyrrole nitrogens is 1. The molecule has 12 heteroatoms. The number of nitrogens with one attached hydrogen (secondary N) is 2. The summed E-state index contributed by atoms with van der Waals surface area (Å²) in [5.74, 6) is -0.961. The second kappa shape index (κ2) is 11.1. The number of anilines is 2. The number of hydrogen-bond acceptors (Lipinski definition) is 8. The topological polar surface area (TPSA) is 118 Å². The number of nitrogens with zero attached hydrogens (tertiary/aromatic N) is 1. The Bertz CT molecular complexity index is 1930. The minimum absolute atomic E-state index is 0.00154. The molecule has 1 saturated heterocycles. The molecule has 4 aliphatic rings. The van der Waals surface area contributed by atoms with E-state index in [-0.39, 0.29) is 58.1 Å². The number of ether oxygens (including phenoxy) is 2. The summed E-state index contributed by atoms with van der Waals surface area (Å²) in [7, 11) is 1.57. The van der Waals surface area contributed by atoms with Crippen LogP contribution in [0.15, 0.2) is 82.6 Å². The minimum atomic E-state index is -0.421. The average Bonchev–Trinajstić information content (AvgIpc) is 3.80. The molecule has 9 nitrogen and oxygen atoms in total. The number of aromatic amines is 1. The number of amides is 3. The molecule has 1 aromatic heterocycles. The van der Waals surface area contributed by atoms with Gasteiger partial charge < -0.3 is 19.8 Å². The van der Waals surface area contributed by atoms with Crippen LogP contribution in [0.2, 0.25) is 0 Å². The Balaban J connectivity index is 1.08. The molecule has 0 radical (unpaired) electrons. The Kier molecular flexibility index (Phi) is 7.02. The molecule has 7 atom stereocenters. The summed E-state index contributed by atoms with van der Waals surface area (Å²) in [6.45, 7) is -0.248. The Morgan fingerprint density at radius 1 is 0.978 bits per heavy atom. The van der Waals surface area contributed by atoms with Crippen LogP contribution in [-0.2, 0) is 14.4 Å². The molecule has 3 aromatic carbocycles. The number of thiazole rings is 1. The molecular formula is C34H28FN3O6S2. The van der Waals surface area contributed by atoms with Gasteiger partial charge >= 0.3 is 4.87 Å². The summed E-state index contributed by atoms with van der Waals surface area (Å²) < 4.78 is 24.4. The first kappa shape index (κ1) is 29.0. The fraction of sp³-hybridized carbons (Fsp3) is 0.294. The third-order valence-corrected chi connectivity index (χ3v) is 12.4. The molecule has 3 heterocycles. The lowest BCUT2D eigenvalue weighted by Gasteiger charge is -2.43. The fourth-order valence-corrected chi connectivity index (χ4v) is 10.9. The maximum absolute atomic E-state index is 14.0. The first-order valence-electron chi connectivity index (χ1n) is 15.0. The van der Waals surface area contributed by atoms with E-state index in [9.17, 15) is 23.6 Å². The molecule has 3 amide bonds. The third-order valence-electron chi connectivity index (χ3n) is 9.77. The van der Waals surface area contributed by atoms with E-state index in [1.807, 2.05) is 18.2 Å². The molecule has 0 spiro atoms. The first-order chi connectivity index (χ1) is 22.3. The van der Waals surface area contributed by atoms with Gasteiger partial charge in [0.1, 0.15) is 17.3 Å². The van der Waals surface area contributed by atoms with Crippen LogP contribution in [0.5, 0.6) is 11.5 Å². The molecule has 46 heavy (non-hydrogen) atoms. The van der Waals surface area contributed by atoms with Crippen molar-refractivity contribution < 1.29 is 28.2 Å². The van der Waals surface area contributed by atoms with Gasteiger partial charge in [-0.1, -0.05) is 23.5 Å². The van der Waals surface area contributed by atoms with Gasteiger partial charge in [0.05, 0.1) is 29.7 Å². The summed E-state index contributed by atoms with van der Waals surface area (Å²) in [6, 6.07) is 20.0. The highest BCUT2D eigenvalue weighted by atomic mass is 32.2. The van der Waals surface area contributed by atoms with Gasteiger partial charge in [0.2, 0.25) is 11.8 Å². The number of methoxy groups -OCH3 is 1. The highest BCUT2D eigenvalue weighted by Crippen LogP contribution is 2.68. The van der Waals surface area contributed by atoms with Crippen molar-refractivity contribution >= 4 is 52.2 Å². The molecule has 2 saturated carbocycles. The lowest BCUT2D eigenvalue weighted by Crippen LogP contribution is -2.42. The van der Waals surface area contributed by atoms with Gasteiger partial charge in [0.15, 0.2) is 6.61 Å². The second-order valence-corrected chi connectivity index (χ2v) is 14.3. The smallest absolute Gasteiger partial charge is 0.305 e. The second-order valence-electron chi connectivity index (χ2n) is 12.1. The maximum atomic E-state index is 14.0. The van der Waals surface area contributed by atoms with Crippen LogP contribution in [0.1, 0.15) is 22.8 Å². The molecule has 2 aliphatic carbocycles. The van der Waals surface area contributed by atoms with Gasteiger partial charge in [0, 0.05) is 21.7 Å². The predicted octanol–water partition coefficient (Wildman–Crippen LogP) is 5.28. The van der Waals surface area contributed by atoms with Gasteiger partial charge in [-0.2, -0.15) is 0 Å². The summed E-state index contributed by atoms with van der Waals surface area (Å²) in [5.41, 5.74) is 1.94. The quantitative estimate of drug-likeness (QED) is 0.260. The van der Waals surface area contributed by atoms with Gasteiger partial charge in [-0.05, 0) is 90.4 Å². The zero-order valence-electron chi connectivity index (χ0n) is 24.5. The van der Waals surface area contributed by atoms with Crippen molar-refractivity contribution in [1.82, 2.24) is 4.98 Å². The monoisotopic (exact) mass is 657 g/mol. The van der Waals surface area contributed by atoms with E-state index in [4.69, 9.17) is 9.47 Å². The van der Waals surface area contributed by atoms with Crippen LogP contribution in [0.4, 0.5) is 15.8 Å². The number of benzene rings is 3. The van der Waals surface area contributed by atoms with Crippen molar-refractivity contribution in [2.75, 3.05) is 23.9 Å². The molecule has 234 valence electrons. The zero-order chi connectivity index (χ0) is 31.7. The minimum Gasteiger partial charge on any atom is -0.497 e. The SMILES string of the molecule is COc1ccc(N2C(=O)[C@H]3[C@H]4C[C@@H]([C@@H]3C2=O)[C@@H]2[C@H](c3cccc(OCC(=O)Nc5ccc(F)cc5)c3)c3sc(=O)[nH]c3S[C@H]42)cc1. The largest absolute Gasteiger partial charge is 0.497 e. The summed E-state index contributed by atoms with van der Waals surface area (Å²) >= 11 is 2.82. The molecule has 2 bridgehead atoms. The number of carbonyl (C=O) groups is 3. The van der Waals surface area contributed by atoms with E-state index in [0.717, 1.165) is 21.9 Å². The number of aromatic nitrogens is 1. The average molecular weight is 658 g/mol. The lowest BCUT2D eigenvalue weighted by molar-refractivity contribution is -0.123. The van der Waals surface area contributed by atoms with Crippen LogP contribution in [-0.4, -0.2) is 41.7 Å². The van der Waals surface area contributed by atoms with Crippen LogP contribution in [0.25, 0.3) is 0 Å². The summed E-state index contributed by atoms with van der Waals surface area (Å²) in [5, 5.41) is 3.56. The van der Waals surface area contributed by atoms with Crippen LogP contribution < -0.4 is 24.6 Å². The molecule has 3 fully saturated rings. The number of imide groups is 1. The molecule has 8 rings (SSSR count). The molecule has 2 N–H and O–H groups in total. The van der Waals surface area contributed by atoms with E-state index in [1.54, 1.807) is 49.2 Å². The highest BCUT2D eigenvalue weighted by molar-refractivity contribution is 8.00. The van der Waals surface area contributed by atoms with E-state index >= 15 is 0 Å².